The van der Waals surface area contributed by atoms with E-state index >= 15 is 0 Å². The fraction of sp³-hybridized carbons (Fsp3) is 0.241. The van der Waals surface area contributed by atoms with E-state index in [0.717, 1.165) is 38.1 Å². The fourth-order valence-corrected chi connectivity index (χ4v) is 5.81. The maximum atomic E-state index is 12.4. The van der Waals surface area contributed by atoms with Crippen molar-refractivity contribution in [3.63, 3.8) is 0 Å². The number of methoxy groups -OCH3 is 2. The molecule has 1 atom stereocenters. The first-order chi connectivity index (χ1) is 19.1. The Morgan fingerprint density at radius 1 is 1.13 bits per heavy atom. The van der Waals surface area contributed by atoms with E-state index in [9.17, 15) is 4.79 Å². The average molecular weight is 545 g/mol. The first-order valence-corrected chi connectivity index (χ1v) is 13.4. The average Bonchev–Trinajstić information content (AvgIpc) is 2.98. The molecule has 0 radical (unpaired) electrons. The van der Waals surface area contributed by atoms with E-state index in [2.05, 4.69) is 32.3 Å². The summed E-state index contributed by atoms with van der Waals surface area (Å²) in [7, 11) is 3.17. The second-order valence-corrected chi connectivity index (χ2v) is 10.2. The lowest BCUT2D eigenvalue weighted by Gasteiger charge is -2.35. The number of hydrogen-bond acceptors (Lipinski definition) is 9. The van der Waals surface area contributed by atoms with Gasteiger partial charge in [-0.1, -0.05) is 23.9 Å². The highest BCUT2D eigenvalue weighted by Gasteiger charge is 2.29. The number of hydrogen-bond donors (Lipinski definition) is 2. The van der Waals surface area contributed by atoms with Gasteiger partial charge in [-0.2, -0.15) is 0 Å². The number of ether oxygens (including phenoxy) is 4. The smallest absolute Gasteiger partial charge is 0.271 e. The van der Waals surface area contributed by atoms with Crippen LogP contribution in [0.15, 0.2) is 81.6 Å². The lowest BCUT2D eigenvalue weighted by molar-refractivity contribution is 0.0382. The van der Waals surface area contributed by atoms with E-state index in [1.165, 1.54) is 0 Å². The lowest BCUT2D eigenvalue weighted by Crippen LogP contribution is -2.41. The van der Waals surface area contributed by atoms with Gasteiger partial charge >= 0.3 is 0 Å². The van der Waals surface area contributed by atoms with Gasteiger partial charge in [0.05, 0.1) is 30.6 Å². The van der Waals surface area contributed by atoms with Crippen LogP contribution in [0, 0.1) is 0 Å². The summed E-state index contributed by atoms with van der Waals surface area (Å²) < 4.78 is 23.2. The van der Waals surface area contributed by atoms with E-state index in [1.54, 1.807) is 38.4 Å². The maximum Gasteiger partial charge on any atom is 0.271 e. The summed E-state index contributed by atoms with van der Waals surface area (Å²) in [5.41, 5.74) is 3.48. The van der Waals surface area contributed by atoms with Gasteiger partial charge in [-0.05, 0) is 48.0 Å². The third-order valence-electron chi connectivity index (χ3n) is 6.72. The Bertz CT molecular complexity index is 1560. The van der Waals surface area contributed by atoms with Crippen LogP contribution in [-0.4, -0.2) is 43.9 Å². The molecule has 2 N–H and O–H groups in total. The second-order valence-electron chi connectivity index (χ2n) is 9.14. The standard InChI is InChI=1S/C29H28N4O5S/c1-35-23-13-18(16-32-29(23)36-2)15-31-19-8-9-22-26(14-19)39-25-7-3-5-20(27(25)38-22)24-17-33(11-12-37-24)21-6-4-10-30-28(21)34/h3-10,13-14,16,24,31H,11-12,15,17H2,1-2H3,(H,30,34). The molecule has 2 aliphatic rings. The van der Waals surface area contributed by atoms with Crippen LogP contribution in [0.3, 0.4) is 0 Å². The van der Waals surface area contributed by atoms with Gasteiger partial charge in [-0.15, -0.1) is 0 Å². The quantitative estimate of drug-likeness (QED) is 0.285. The summed E-state index contributed by atoms with van der Waals surface area (Å²) in [4.78, 5) is 23.5. The molecule has 2 aliphatic heterocycles. The van der Waals surface area contributed by atoms with Gasteiger partial charge in [0.2, 0.25) is 0 Å². The van der Waals surface area contributed by atoms with E-state index in [4.69, 9.17) is 18.9 Å². The molecule has 39 heavy (non-hydrogen) atoms. The minimum absolute atomic E-state index is 0.0965. The van der Waals surface area contributed by atoms with Gasteiger partial charge in [0, 0.05) is 43.3 Å². The molecule has 9 nitrogen and oxygen atoms in total. The second kappa shape index (κ2) is 10.9. The summed E-state index contributed by atoms with van der Waals surface area (Å²) in [5.74, 6) is 2.66. The highest BCUT2D eigenvalue weighted by Crippen LogP contribution is 2.50. The van der Waals surface area contributed by atoms with Gasteiger partial charge in [0.25, 0.3) is 11.4 Å². The van der Waals surface area contributed by atoms with Gasteiger partial charge in [-0.25, -0.2) is 4.98 Å². The molecule has 2 aromatic heterocycles. The van der Waals surface area contributed by atoms with E-state index in [0.29, 0.717) is 43.6 Å². The summed E-state index contributed by atoms with van der Waals surface area (Å²) >= 11 is 1.67. The van der Waals surface area contributed by atoms with Gasteiger partial charge in [-0.3, -0.25) is 4.79 Å². The van der Waals surface area contributed by atoms with E-state index < -0.39 is 0 Å². The minimum atomic E-state index is -0.216. The van der Waals surface area contributed by atoms with Crippen molar-refractivity contribution in [1.29, 1.82) is 0 Å². The normalized spacial score (nSPS) is 16.1. The molecule has 2 aromatic carbocycles. The van der Waals surface area contributed by atoms with Crippen molar-refractivity contribution in [1.82, 2.24) is 9.97 Å². The monoisotopic (exact) mass is 544 g/mol. The van der Waals surface area contributed by atoms with Crippen LogP contribution in [0.4, 0.5) is 11.4 Å². The zero-order valence-corrected chi connectivity index (χ0v) is 22.4. The third-order valence-corrected chi connectivity index (χ3v) is 7.80. The van der Waals surface area contributed by atoms with E-state index in [1.807, 2.05) is 42.5 Å². The number of aromatic amines is 1. The molecule has 4 aromatic rings. The van der Waals surface area contributed by atoms with Gasteiger partial charge in [0.1, 0.15) is 23.3 Å². The molecule has 1 unspecified atom stereocenters. The Balaban J connectivity index is 1.18. The highest BCUT2D eigenvalue weighted by atomic mass is 32.2. The molecule has 200 valence electrons. The molecule has 1 fully saturated rings. The SMILES string of the molecule is COc1cc(CNc2ccc3c(c2)Sc2cccc(C4CN(c5ccc[nH]c5=O)CCO4)c2O3)cnc1OC. The molecule has 4 heterocycles. The predicted octanol–water partition coefficient (Wildman–Crippen LogP) is 5.23. The van der Waals surface area contributed by atoms with Crippen molar-refractivity contribution < 1.29 is 18.9 Å². The Morgan fingerprint density at radius 3 is 2.90 bits per heavy atom. The zero-order valence-electron chi connectivity index (χ0n) is 21.6. The number of aromatic nitrogens is 2. The first-order valence-electron chi connectivity index (χ1n) is 12.6. The Kier molecular flexibility index (Phi) is 7.04. The topological polar surface area (TPSA) is 97.9 Å². The summed E-state index contributed by atoms with van der Waals surface area (Å²) in [6.45, 7) is 2.33. The number of para-hydroxylation sites is 1. The zero-order chi connectivity index (χ0) is 26.8. The van der Waals surface area contributed by atoms with Crippen molar-refractivity contribution in [2.24, 2.45) is 0 Å². The number of pyridine rings is 2. The van der Waals surface area contributed by atoms with Crippen LogP contribution >= 0.6 is 11.8 Å². The lowest BCUT2D eigenvalue weighted by atomic mass is 10.1. The third kappa shape index (κ3) is 5.13. The van der Waals surface area contributed by atoms with Crippen LogP contribution in [0.5, 0.6) is 23.1 Å². The predicted molar refractivity (Wildman–Crippen MR) is 150 cm³/mol. The Morgan fingerprint density at radius 2 is 2.05 bits per heavy atom. The van der Waals surface area contributed by atoms with Crippen molar-refractivity contribution in [3.05, 3.63) is 88.5 Å². The molecule has 10 heteroatoms. The fourth-order valence-electron chi connectivity index (χ4n) is 4.78. The number of morpholine rings is 1. The Labute approximate surface area is 230 Å². The number of H-pyrrole nitrogens is 1. The van der Waals surface area contributed by atoms with Gasteiger partial charge < -0.3 is 34.1 Å². The number of fused-ring (bicyclic) bond motifs is 2. The van der Waals surface area contributed by atoms with E-state index in [-0.39, 0.29) is 11.7 Å². The summed E-state index contributed by atoms with van der Waals surface area (Å²) in [6, 6.07) is 17.8. The van der Waals surface area contributed by atoms with Crippen LogP contribution < -0.4 is 30.0 Å². The van der Waals surface area contributed by atoms with Crippen LogP contribution in [0.2, 0.25) is 0 Å². The summed E-state index contributed by atoms with van der Waals surface area (Å²) in [5, 5.41) is 3.45. The van der Waals surface area contributed by atoms with Gasteiger partial charge in [0.15, 0.2) is 5.75 Å². The largest absolute Gasteiger partial charge is 0.491 e. The molecule has 0 bridgehead atoms. The van der Waals surface area contributed by atoms with Crippen molar-refractivity contribution >= 4 is 23.1 Å². The van der Waals surface area contributed by atoms with Crippen LogP contribution in [0.1, 0.15) is 17.2 Å². The molecular weight excluding hydrogens is 516 g/mol. The van der Waals surface area contributed by atoms with Crippen molar-refractivity contribution in [2.45, 2.75) is 22.4 Å². The first kappa shape index (κ1) is 25.1. The highest BCUT2D eigenvalue weighted by molar-refractivity contribution is 7.99. The minimum Gasteiger partial charge on any atom is -0.491 e. The van der Waals surface area contributed by atoms with Crippen molar-refractivity contribution in [3.8, 4) is 23.1 Å². The number of nitrogens with zero attached hydrogens (tertiary/aromatic N) is 2. The molecular formula is C29H28N4O5S. The molecule has 0 spiro atoms. The van der Waals surface area contributed by atoms with Crippen molar-refractivity contribution in [2.75, 3.05) is 44.1 Å². The number of benzene rings is 2. The Hall–Kier alpha value is -4.15. The molecule has 0 amide bonds. The summed E-state index contributed by atoms with van der Waals surface area (Å²) in [6.07, 6.45) is 3.20. The molecule has 0 saturated carbocycles. The number of anilines is 2. The molecule has 1 saturated heterocycles. The maximum absolute atomic E-state index is 12.4. The molecule has 0 aliphatic carbocycles. The number of nitrogens with one attached hydrogen (secondary N) is 2. The van der Waals surface area contributed by atoms with Crippen LogP contribution in [0.25, 0.3) is 0 Å². The van der Waals surface area contributed by atoms with Crippen LogP contribution in [-0.2, 0) is 11.3 Å². The molecule has 6 rings (SSSR count). The number of rotatable bonds is 7.